The summed E-state index contributed by atoms with van der Waals surface area (Å²) in [7, 11) is 1.71. The Labute approximate surface area is 122 Å². The average molecular weight is 287 g/mol. The quantitative estimate of drug-likeness (QED) is 0.863. The SMILES string of the molecule is CN(Cc1ncon1)C(=O)c1cccc2c1OCC2(C)C. The third kappa shape index (κ3) is 2.37. The molecule has 0 spiro atoms. The first-order valence-electron chi connectivity index (χ1n) is 6.76. The fourth-order valence-corrected chi connectivity index (χ4v) is 2.48. The lowest BCUT2D eigenvalue weighted by Crippen LogP contribution is -2.27. The lowest BCUT2D eigenvalue weighted by atomic mass is 9.86. The number of carbonyl (C=O) groups is 1. The second kappa shape index (κ2) is 4.87. The predicted molar refractivity (Wildman–Crippen MR) is 75.1 cm³/mol. The zero-order chi connectivity index (χ0) is 15.0. The largest absolute Gasteiger partial charge is 0.492 e. The highest BCUT2D eigenvalue weighted by atomic mass is 16.5. The van der Waals surface area contributed by atoms with E-state index in [4.69, 9.17) is 4.74 Å². The number of amides is 1. The lowest BCUT2D eigenvalue weighted by molar-refractivity contribution is 0.0777. The molecule has 0 atom stereocenters. The van der Waals surface area contributed by atoms with Gasteiger partial charge in [-0.2, -0.15) is 4.98 Å². The molecule has 110 valence electrons. The maximum absolute atomic E-state index is 12.6. The van der Waals surface area contributed by atoms with E-state index >= 15 is 0 Å². The fraction of sp³-hybridized carbons (Fsp3) is 0.400. The molecular weight excluding hydrogens is 270 g/mol. The third-order valence-electron chi connectivity index (χ3n) is 3.68. The Morgan fingerprint density at radius 3 is 2.95 bits per heavy atom. The minimum atomic E-state index is -0.116. The Morgan fingerprint density at radius 2 is 2.24 bits per heavy atom. The van der Waals surface area contributed by atoms with Crippen LogP contribution in [0.1, 0.15) is 35.6 Å². The molecule has 1 aliphatic rings. The van der Waals surface area contributed by atoms with Crippen LogP contribution in [0, 0.1) is 0 Å². The molecule has 0 saturated heterocycles. The van der Waals surface area contributed by atoms with Gasteiger partial charge < -0.3 is 14.2 Å². The molecule has 3 rings (SSSR count). The van der Waals surface area contributed by atoms with Gasteiger partial charge in [0.05, 0.1) is 18.7 Å². The topological polar surface area (TPSA) is 68.5 Å². The van der Waals surface area contributed by atoms with Crippen LogP contribution in [0.5, 0.6) is 5.75 Å². The molecule has 0 radical (unpaired) electrons. The molecule has 1 aromatic heterocycles. The van der Waals surface area contributed by atoms with Crippen molar-refractivity contribution in [3.8, 4) is 5.75 Å². The summed E-state index contributed by atoms with van der Waals surface area (Å²) in [4.78, 5) is 18.1. The smallest absolute Gasteiger partial charge is 0.257 e. The summed E-state index contributed by atoms with van der Waals surface area (Å²) < 4.78 is 10.4. The van der Waals surface area contributed by atoms with Crippen molar-refractivity contribution in [2.24, 2.45) is 0 Å². The predicted octanol–water partition coefficient (Wildman–Crippen LogP) is 2.01. The molecule has 0 bridgehead atoms. The van der Waals surface area contributed by atoms with Gasteiger partial charge in [0.1, 0.15) is 5.75 Å². The van der Waals surface area contributed by atoms with Crippen molar-refractivity contribution in [1.82, 2.24) is 15.0 Å². The van der Waals surface area contributed by atoms with Crippen molar-refractivity contribution in [1.29, 1.82) is 0 Å². The molecule has 2 heterocycles. The maximum atomic E-state index is 12.6. The highest BCUT2D eigenvalue weighted by Crippen LogP contribution is 2.40. The van der Waals surface area contributed by atoms with Crippen LogP contribution in [0.25, 0.3) is 0 Å². The van der Waals surface area contributed by atoms with Gasteiger partial charge in [0.15, 0.2) is 5.82 Å². The number of aromatic nitrogens is 2. The van der Waals surface area contributed by atoms with E-state index in [1.807, 2.05) is 12.1 Å². The van der Waals surface area contributed by atoms with Crippen molar-refractivity contribution in [2.75, 3.05) is 13.7 Å². The van der Waals surface area contributed by atoms with Crippen LogP contribution in [0.3, 0.4) is 0 Å². The maximum Gasteiger partial charge on any atom is 0.257 e. The minimum Gasteiger partial charge on any atom is -0.492 e. The van der Waals surface area contributed by atoms with Gasteiger partial charge in [-0.05, 0) is 6.07 Å². The van der Waals surface area contributed by atoms with E-state index in [-0.39, 0.29) is 11.3 Å². The zero-order valence-corrected chi connectivity index (χ0v) is 12.3. The number of hydrogen-bond acceptors (Lipinski definition) is 5. The minimum absolute atomic E-state index is 0.0716. The molecule has 6 nitrogen and oxygen atoms in total. The molecule has 1 amide bonds. The molecule has 0 unspecified atom stereocenters. The van der Waals surface area contributed by atoms with Gasteiger partial charge >= 0.3 is 0 Å². The normalized spacial score (nSPS) is 15.4. The van der Waals surface area contributed by atoms with Crippen LogP contribution in [0.2, 0.25) is 0 Å². The number of nitrogens with zero attached hydrogens (tertiary/aromatic N) is 3. The van der Waals surface area contributed by atoms with Crippen molar-refractivity contribution >= 4 is 5.91 Å². The van der Waals surface area contributed by atoms with E-state index in [2.05, 4.69) is 28.5 Å². The van der Waals surface area contributed by atoms with E-state index in [0.29, 0.717) is 30.3 Å². The summed E-state index contributed by atoms with van der Waals surface area (Å²) >= 11 is 0. The number of benzene rings is 1. The van der Waals surface area contributed by atoms with Crippen LogP contribution in [0.4, 0.5) is 0 Å². The lowest BCUT2D eigenvalue weighted by Gasteiger charge is -2.18. The van der Waals surface area contributed by atoms with Crippen LogP contribution in [-0.4, -0.2) is 34.6 Å². The second-order valence-corrected chi connectivity index (χ2v) is 5.86. The highest BCUT2D eigenvalue weighted by Gasteiger charge is 2.35. The number of rotatable bonds is 3. The number of fused-ring (bicyclic) bond motifs is 1. The third-order valence-corrected chi connectivity index (χ3v) is 3.68. The molecule has 0 N–H and O–H groups in total. The van der Waals surface area contributed by atoms with E-state index < -0.39 is 0 Å². The van der Waals surface area contributed by atoms with Gasteiger partial charge in [-0.25, -0.2) is 0 Å². The molecule has 0 aliphatic carbocycles. The van der Waals surface area contributed by atoms with Gasteiger partial charge in [0, 0.05) is 18.0 Å². The summed E-state index contributed by atoms with van der Waals surface area (Å²) in [6.07, 6.45) is 1.25. The van der Waals surface area contributed by atoms with Gasteiger partial charge in [-0.1, -0.05) is 31.1 Å². The summed E-state index contributed by atoms with van der Waals surface area (Å²) in [5, 5.41) is 3.72. The van der Waals surface area contributed by atoms with Crippen LogP contribution >= 0.6 is 0 Å². The molecule has 6 heteroatoms. The highest BCUT2D eigenvalue weighted by molar-refractivity contribution is 5.97. The average Bonchev–Trinajstić information content (AvgIpc) is 3.06. The van der Waals surface area contributed by atoms with Gasteiger partial charge in [0.25, 0.3) is 5.91 Å². The van der Waals surface area contributed by atoms with E-state index in [9.17, 15) is 4.79 Å². The Bertz CT molecular complexity index is 665. The first-order chi connectivity index (χ1) is 9.99. The molecule has 1 aromatic carbocycles. The Hall–Kier alpha value is -2.37. The summed E-state index contributed by atoms with van der Waals surface area (Å²) in [5.41, 5.74) is 1.57. The number of para-hydroxylation sites is 1. The molecule has 21 heavy (non-hydrogen) atoms. The fourth-order valence-electron chi connectivity index (χ4n) is 2.48. The van der Waals surface area contributed by atoms with E-state index in [1.165, 1.54) is 6.39 Å². The Balaban J connectivity index is 1.88. The Morgan fingerprint density at radius 1 is 1.43 bits per heavy atom. The molecule has 1 aliphatic heterocycles. The van der Waals surface area contributed by atoms with E-state index in [0.717, 1.165) is 5.56 Å². The standard InChI is InChI=1S/C15H17N3O3/c1-15(2)8-20-13-10(5-4-6-11(13)15)14(19)18(3)7-12-16-9-21-17-12/h4-6,9H,7-8H2,1-3H3. The van der Waals surface area contributed by atoms with Gasteiger partial charge in [-0.15, -0.1) is 0 Å². The summed E-state index contributed by atoms with van der Waals surface area (Å²) in [5.74, 6) is 1.04. The van der Waals surface area contributed by atoms with Crippen LogP contribution in [0.15, 0.2) is 29.1 Å². The van der Waals surface area contributed by atoms with Gasteiger partial charge in [-0.3, -0.25) is 4.79 Å². The first kappa shape index (κ1) is 13.6. The van der Waals surface area contributed by atoms with Gasteiger partial charge in [0.2, 0.25) is 6.39 Å². The summed E-state index contributed by atoms with van der Waals surface area (Å²) in [6, 6.07) is 5.69. The number of ether oxygens (including phenoxy) is 1. The van der Waals surface area contributed by atoms with E-state index in [1.54, 1.807) is 18.0 Å². The van der Waals surface area contributed by atoms with Crippen molar-refractivity contribution in [3.05, 3.63) is 41.5 Å². The van der Waals surface area contributed by atoms with Crippen LogP contribution < -0.4 is 4.74 Å². The second-order valence-electron chi connectivity index (χ2n) is 5.86. The number of hydrogen-bond donors (Lipinski definition) is 0. The monoisotopic (exact) mass is 287 g/mol. The van der Waals surface area contributed by atoms with Crippen molar-refractivity contribution in [2.45, 2.75) is 25.8 Å². The molecule has 2 aromatic rings. The van der Waals surface area contributed by atoms with Crippen molar-refractivity contribution in [3.63, 3.8) is 0 Å². The first-order valence-corrected chi connectivity index (χ1v) is 6.76. The molecule has 0 saturated carbocycles. The zero-order valence-electron chi connectivity index (χ0n) is 12.3. The molecular formula is C15H17N3O3. The molecule has 0 fully saturated rings. The van der Waals surface area contributed by atoms with Crippen LogP contribution in [-0.2, 0) is 12.0 Å². The number of carbonyl (C=O) groups excluding carboxylic acids is 1. The Kier molecular flexibility index (Phi) is 3.16. The summed E-state index contributed by atoms with van der Waals surface area (Å²) in [6.45, 7) is 5.09. The van der Waals surface area contributed by atoms with Crippen molar-refractivity contribution < 1.29 is 14.1 Å².